The molecule has 1 saturated carbocycles. The van der Waals surface area contributed by atoms with Crippen LogP contribution < -0.4 is 11.1 Å². The lowest BCUT2D eigenvalue weighted by molar-refractivity contribution is 0.332. The van der Waals surface area contributed by atoms with Crippen molar-refractivity contribution in [2.45, 2.75) is 31.7 Å². The van der Waals surface area contributed by atoms with E-state index in [-0.39, 0.29) is 0 Å². The molecule has 6 heteroatoms. The third-order valence-electron chi connectivity index (χ3n) is 3.76. The molecule has 0 aromatic carbocycles. The largest absolute Gasteiger partial charge is 0.365 e. The maximum Gasteiger partial charge on any atom is 0.182 e. The fourth-order valence-corrected chi connectivity index (χ4v) is 2.73. The molecule has 0 bridgehead atoms. The molecular weight excluding hydrogens is 228 g/mol. The summed E-state index contributed by atoms with van der Waals surface area (Å²) in [6.07, 6.45) is 8.08. The van der Waals surface area contributed by atoms with Crippen molar-refractivity contribution in [2.75, 3.05) is 11.9 Å². The maximum absolute atomic E-state index is 5.85. The Labute approximate surface area is 105 Å². The number of nitrogens with zero attached hydrogens (tertiary/aromatic N) is 3. The highest BCUT2D eigenvalue weighted by atomic mass is 15.1. The molecule has 2 atom stereocenters. The molecule has 0 aliphatic heterocycles. The Balaban J connectivity index is 1.84. The number of rotatable bonds is 3. The van der Waals surface area contributed by atoms with Crippen molar-refractivity contribution in [3.63, 3.8) is 0 Å². The zero-order valence-electron chi connectivity index (χ0n) is 10.3. The molecule has 2 heterocycles. The van der Waals surface area contributed by atoms with E-state index in [0.29, 0.717) is 17.6 Å². The van der Waals surface area contributed by atoms with Crippen molar-refractivity contribution >= 4 is 17.0 Å². The second kappa shape index (κ2) is 4.89. The molecular formula is C12H18N6. The predicted octanol–water partition coefficient (Wildman–Crippen LogP) is 1.28. The van der Waals surface area contributed by atoms with Crippen LogP contribution >= 0.6 is 0 Å². The zero-order chi connectivity index (χ0) is 12.4. The first-order valence-electron chi connectivity index (χ1n) is 6.49. The highest BCUT2D eigenvalue weighted by Gasteiger charge is 2.24. The average molecular weight is 246 g/mol. The number of imidazole rings is 1. The van der Waals surface area contributed by atoms with Crippen molar-refractivity contribution in [2.24, 2.45) is 11.7 Å². The highest BCUT2D eigenvalue weighted by molar-refractivity contribution is 5.82. The lowest BCUT2D eigenvalue weighted by Gasteiger charge is -2.31. The fourth-order valence-electron chi connectivity index (χ4n) is 2.73. The van der Waals surface area contributed by atoms with Crippen LogP contribution in [0.4, 0.5) is 5.82 Å². The second-order valence-corrected chi connectivity index (χ2v) is 4.85. The number of nitrogens with one attached hydrogen (secondary N) is 2. The topological polar surface area (TPSA) is 92.5 Å². The van der Waals surface area contributed by atoms with Crippen LogP contribution in [0.1, 0.15) is 25.7 Å². The summed E-state index contributed by atoms with van der Waals surface area (Å²) in [6.45, 7) is 0.731. The van der Waals surface area contributed by atoms with Gasteiger partial charge in [-0.25, -0.2) is 15.0 Å². The van der Waals surface area contributed by atoms with Gasteiger partial charge in [0, 0.05) is 6.04 Å². The smallest absolute Gasteiger partial charge is 0.182 e. The minimum Gasteiger partial charge on any atom is -0.365 e. The Kier molecular flexibility index (Phi) is 3.10. The minimum absolute atomic E-state index is 0.408. The van der Waals surface area contributed by atoms with Crippen LogP contribution in [-0.4, -0.2) is 32.5 Å². The first-order valence-corrected chi connectivity index (χ1v) is 6.49. The van der Waals surface area contributed by atoms with E-state index in [4.69, 9.17) is 5.73 Å². The van der Waals surface area contributed by atoms with Gasteiger partial charge in [0.05, 0.1) is 6.33 Å². The summed E-state index contributed by atoms with van der Waals surface area (Å²) in [5.41, 5.74) is 7.42. The summed E-state index contributed by atoms with van der Waals surface area (Å²) in [4.78, 5) is 15.6. The first-order chi connectivity index (χ1) is 8.88. The molecule has 2 unspecified atom stereocenters. The monoisotopic (exact) mass is 246 g/mol. The number of nitrogens with two attached hydrogens (primary N) is 1. The van der Waals surface area contributed by atoms with E-state index in [1.165, 1.54) is 19.3 Å². The number of H-pyrrole nitrogens is 1. The van der Waals surface area contributed by atoms with E-state index < -0.39 is 0 Å². The molecule has 0 spiro atoms. The van der Waals surface area contributed by atoms with E-state index >= 15 is 0 Å². The van der Waals surface area contributed by atoms with Gasteiger partial charge >= 0.3 is 0 Å². The van der Waals surface area contributed by atoms with Gasteiger partial charge in [0.1, 0.15) is 11.8 Å². The molecule has 4 N–H and O–H groups in total. The van der Waals surface area contributed by atoms with Crippen LogP contribution in [0.5, 0.6) is 0 Å². The normalized spacial score (nSPS) is 24.3. The van der Waals surface area contributed by atoms with E-state index in [1.54, 1.807) is 12.7 Å². The van der Waals surface area contributed by atoms with E-state index in [1.807, 2.05) is 0 Å². The standard InChI is InChI=1S/C12H18N6/c13-5-8-3-1-2-4-9(8)18-12-10-11(15-6-14-10)16-7-17-12/h6-9H,1-5,13H2,(H2,14,15,16,17,18). The van der Waals surface area contributed by atoms with Gasteiger partial charge < -0.3 is 16.0 Å². The van der Waals surface area contributed by atoms with Gasteiger partial charge in [-0.05, 0) is 25.3 Å². The Morgan fingerprint density at radius 3 is 3.06 bits per heavy atom. The lowest BCUT2D eigenvalue weighted by Crippen LogP contribution is -2.37. The number of fused-ring (bicyclic) bond motifs is 1. The molecule has 1 aliphatic carbocycles. The maximum atomic E-state index is 5.85. The molecule has 0 amide bonds. The van der Waals surface area contributed by atoms with Crippen molar-refractivity contribution < 1.29 is 0 Å². The fraction of sp³-hybridized carbons (Fsp3) is 0.583. The number of aromatic nitrogens is 4. The van der Waals surface area contributed by atoms with Crippen LogP contribution in [0.15, 0.2) is 12.7 Å². The first kappa shape index (κ1) is 11.4. The van der Waals surface area contributed by atoms with Crippen molar-refractivity contribution in [3.8, 4) is 0 Å². The second-order valence-electron chi connectivity index (χ2n) is 4.85. The third-order valence-corrected chi connectivity index (χ3v) is 3.76. The van der Waals surface area contributed by atoms with Gasteiger partial charge in [0.15, 0.2) is 11.5 Å². The predicted molar refractivity (Wildman–Crippen MR) is 70.1 cm³/mol. The summed E-state index contributed by atoms with van der Waals surface area (Å²) >= 11 is 0. The van der Waals surface area contributed by atoms with Crippen LogP contribution in [0.2, 0.25) is 0 Å². The quantitative estimate of drug-likeness (QED) is 0.758. The van der Waals surface area contributed by atoms with Gasteiger partial charge in [-0.1, -0.05) is 12.8 Å². The molecule has 2 aromatic rings. The zero-order valence-corrected chi connectivity index (χ0v) is 10.3. The van der Waals surface area contributed by atoms with Crippen molar-refractivity contribution in [3.05, 3.63) is 12.7 Å². The summed E-state index contributed by atoms with van der Waals surface area (Å²) in [5, 5.41) is 3.51. The summed E-state index contributed by atoms with van der Waals surface area (Å²) in [7, 11) is 0. The molecule has 2 aromatic heterocycles. The Hall–Kier alpha value is -1.69. The molecule has 1 aliphatic rings. The molecule has 1 fully saturated rings. The summed E-state index contributed by atoms with van der Waals surface area (Å²) in [6, 6.07) is 0.408. The SMILES string of the molecule is NCC1CCCCC1Nc1ncnc2nc[nH]c12. The summed E-state index contributed by atoms with van der Waals surface area (Å²) < 4.78 is 0. The van der Waals surface area contributed by atoms with E-state index in [9.17, 15) is 0 Å². The number of aromatic amines is 1. The van der Waals surface area contributed by atoms with Crippen LogP contribution in [0.3, 0.4) is 0 Å². The number of hydrogen-bond acceptors (Lipinski definition) is 5. The minimum atomic E-state index is 0.408. The van der Waals surface area contributed by atoms with Crippen LogP contribution in [0.25, 0.3) is 11.2 Å². The molecule has 0 radical (unpaired) electrons. The number of hydrogen-bond donors (Lipinski definition) is 3. The lowest BCUT2D eigenvalue weighted by atomic mass is 9.84. The Morgan fingerprint density at radius 1 is 1.28 bits per heavy atom. The highest BCUT2D eigenvalue weighted by Crippen LogP contribution is 2.27. The van der Waals surface area contributed by atoms with Crippen molar-refractivity contribution in [1.29, 1.82) is 0 Å². The summed E-state index contributed by atoms with van der Waals surface area (Å²) in [5.74, 6) is 1.37. The van der Waals surface area contributed by atoms with Gasteiger partial charge in [0.2, 0.25) is 0 Å². The van der Waals surface area contributed by atoms with Crippen molar-refractivity contribution in [1.82, 2.24) is 19.9 Å². The van der Waals surface area contributed by atoms with Gasteiger partial charge in [-0.15, -0.1) is 0 Å². The molecule has 96 valence electrons. The van der Waals surface area contributed by atoms with E-state index in [0.717, 1.165) is 24.3 Å². The number of anilines is 1. The molecule has 3 rings (SSSR count). The van der Waals surface area contributed by atoms with Gasteiger partial charge in [0.25, 0.3) is 0 Å². The van der Waals surface area contributed by atoms with Gasteiger partial charge in [-0.2, -0.15) is 0 Å². The molecule has 6 nitrogen and oxygen atoms in total. The third kappa shape index (κ3) is 2.03. The molecule has 18 heavy (non-hydrogen) atoms. The van der Waals surface area contributed by atoms with E-state index in [2.05, 4.69) is 25.3 Å². The van der Waals surface area contributed by atoms with Crippen LogP contribution in [-0.2, 0) is 0 Å². The Bertz CT molecular complexity index is 522. The Morgan fingerprint density at radius 2 is 2.17 bits per heavy atom. The average Bonchev–Trinajstić information content (AvgIpc) is 2.89. The molecule has 0 saturated heterocycles. The van der Waals surface area contributed by atoms with Crippen LogP contribution in [0, 0.1) is 5.92 Å². The van der Waals surface area contributed by atoms with Gasteiger partial charge in [-0.3, -0.25) is 0 Å².